The molecular weight excluding hydrogens is 492 g/mol. The molecule has 4 aliphatic carbocycles. The number of allylic oxidation sites excluding steroid dienone is 1. The molecule has 1 aliphatic heterocycles. The van der Waals surface area contributed by atoms with Gasteiger partial charge in [0.05, 0.1) is 12.2 Å². The Hall–Kier alpha value is -1.68. The molecule has 0 aromatic carbocycles. The Morgan fingerprint density at radius 3 is 2.52 bits per heavy atom. The van der Waals surface area contributed by atoms with E-state index in [2.05, 4.69) is 58.4 Å². The number of carbonyl (C=O) groups is 1. The molecule has 40 heavy (non-hydrogen) atoms. The van der Waals surface area contributed by atoms with Crippen LogP contribution in [0.1, 0.15) is 116 Å². The predicted molar refractivity (Wildman–Crippen MR) is 162 cm³/mol. The van der Waals surface area contributed by atoms with Crippen molar-refractivity contribution in [2.24, 2.45) is 51.2 Å². The van der Waals surface area contributed by atoms with Crippen molar-refractivity contribution in [2.45, 2.75) is 111 Å². The maximum Gasteiger partial charge on any atom is 0.339 e. The summed E-state index contributed by atoms with van der Waals surface area (Å²) in [4.78, 5) is 17.2. The first-order valence-electron chi connectivity index (χ1n) is 16.4. The smallest absolute Gasteiger partial charge is 0.339 e. The largest absolute Gasteiger partial charge is 0.461 e. The molecule has 0 unspecified atom stereocenters. The van der Waals surface area contributed by atoms with Crippen molar-refractivity contribution in [3.63, 3.8) is 0 Å². The van der Waals surface area contributed by atoms with Crippen LogP contribution in [0.3, 0.4) is 0 Å². The van der Waals surface area contributed by atoms with E-state index in [0.29, 0.717) is 46.2 Å². The highest BCUT2D eigenvalue weighted by atomic mass is 16.5. The van der Waals surface area contributed by atoms with Gasteiger partial charge in [-0.25, -0.2) is 4.79 Å². The molecule has 1 N–H and O–H groups in total. The summed E-state index contributed by atoms with van der Waals surface area (Å²) in [5, 5.41) is 3.95. The van der Waals surface area contributed by atoms with Crippen molar-refractivity contribution in [1.82, 2.24) is 10.3 Å². The third-order valence-electron chi connectivity index (χ3n) is 14.2. The molecule has 0 bridgehead atoms. The highest BCUT2D eigenvalue weighted by Crippen LogP contribution is 2.76. The fourth-order valence-corrected chi connectivity index (χ4v) is 12.2. The van der Waals surface area contributed by atoms with Gasteiger partial charge in [0.1, 0.15) is 0 Å². The number of nitrogens with zero attached hydrogens (tertiary/aromatic N) is 1. The van der Waals surface area contributed by atoms with Gasteiger partial charge in [-0.2, -0.15) is 0 Å². The zero-order valence-electron chi connectivity index (χ0n) is 26.2. The van der Waals surface area contributed by atoms with Crippen LogP contribution in [0.5, 0.6) is 0 Å². The second-order valence-electron chi connectivity index (χ2n) is 16.1. The molecule has 9 atom stereocenters. The Morgan fingerprint density at radius 1 is 1.00 bits per heavy atom. The Balaban J connectivity index is 1.33. The molecule has 1 aromatic heterocycles. The molecular formula is C36H54N2O2. The number of rotatable bonds is 4. The number of aromatic nitrogens is 1. The highest BCUT2D eigenvalue weighted by molar-refractivity contribution is 5.88. The predicted octanol–water partition coefficient (Wildman–Crippen LogP) is 8.24. The number of pyridine rings is 1. The topological polar surface area (TPSA) is 51.2 Å². The second-order valence-corrected chi connectivity index (χ2v) is 16.1. The van der Waals surface area contributed by atoms with Crippen molar-refractivity contribution in [3.8, 4) is 0 Å². The Bertz CT molecular complexity index is 1150. The van der Waals surface area contributed by atoms with Crippen LogP contribution >= 0.6 is 0 Å². The van der Waals surface area contributed by atoms with E-state index in [1.807, 2.05) is 12.1 Å². The van der Waals surface area contributed by atoms with Gasteiger partial charge in [-0.15, -0.1) is 0 Å². The number of nitrogens with one attached hydrogen (secondary N) is 1. The second kappa shape index (κ2) is 9.68. The average Bonchev–Trinajstić information content (AvgIpc) is 3.25. The summed E-state index contributed by atoms with van der Waals surface area (Å²) in [6.45, 7) is 21.6. The molecule has 2 heterocycles. The number of fused-ring (bicyclic) bond motifs is 7. The Kier molecular flexibility index (Phi) is 6.88. The molecule has 220 valence electrons. The Morgan fingerprint density at radius 2 is 1.80 bits per heavy atom. The molecule has 5 fully saturated rings. The van der Waals surface area contributed by atoms with E-state index in [-0.39, 0.29) is 16.9 Å². The molecule has 4 heteroatoms. The van der Waals surface area contributed by atoms with Gasteiger partial charge in [-0.1, -0.05) is 32.9 Å². The molecule has 0 amide bonds. The maximum atomic E-state index is 13.0. The molecule has 1 saturated heterocycles. The maximum absolute atomic E-state index is 13.0. The zero-order chi connectivity index (χ0) is 28.6. The van der Waals surface area contributed by atoms with E-state index >= 15 is 0 Å². The SMILES string of the molecule is C=C(C)[C@@H]1CC[C@]2(COC(=O)c3cccnc3)CC[C@]3(C)[C@H](CC[C@@H]4[C@@]5(C)CCCNC(C)(C)[C@@H]5CC[C@]43C)[C@@H]12. The van der Waals surface area contributed by atoms with Crippen molar-refractivity contribution in [3.05, 3.63) is 42.2 Å². The lowest BCUT2D eigenvalue weighted by molar-refractivity contribution is -0.226. The molecule has 0 spiro atoms. The Labute approximate surface area is 243 Å². The van der Waals surface area contributed by atoms with Crippen molar-refractivity contribution in [2.75, 3.05) is 13.2 Å². The molecule has 4 nitrogen and oxygen atoms in total. The van der Waals surface area contributed by atoms with Gasteiger partial charge in [-0.3, -0.25) is 4.98 Å². The van der Waals surface area contributed by atoms with Crippen LogP contribution in [0.4, 0.5) is 0 Å². The summed E-state index contributed by atoms with van der Waals surface area (Å²) in [6, 6.07) is 3.63. The van der Waals surface area contributed by atoms with E-state index in [0.717, 1.165) is 24.8 Å². The molecule has 1 aromatic rings. The first-order valence-corrected chi connectivity index (χ1v) is 16.4. The van der Waals surface area contributed by atoms with Crippen LogP contribution in [0.2, 0.25) is 0 Å². The van der Waals surface area contributed by atoms with Crippen LogP contribution in [-0.4, -0.2) is 29.6 Å². The fourth-order valence-electron chi connectivity index (χ4n) is 12.2. The van der Waals surface area contributed by atoms with Crippen LogP contribution in [-0.2, 0) is 4.74 Å². The van der Waals surface area contributed by atoms with Crippen LogP contribution in [0.25, 0.3) is 0 Å². The quantitative estimate of drug-likeness (QED) is 0.305. The monoisotopic (exact) mass is 546 g/mol. The van der Waals surface area contributed by atoms with E-state index in [9.17, 15) is 4.79 Å². The van der Waals surface area contributed by atoms with Gasteiger partial charge in [0.2, 0.25) is 0 Å². The minimum atomic E-state index is -0.222. The molecule has 0 radical (unpaired) electrons. The van der Waals surface area contributed by atoms with Gasteiger partial charge in [0.15, 0.2) is 0 Å². The van der Waals surface area contributed by atoms with E-state index in [4.69, 9.17) is 4.74 Å². The number of hydrogen-bond acceptors (Lipinski definition) is 4. The van der Waals surface area contributed by atoms with E-state index in [1.165, 1.54) is 63.4 Å². The molecule has 6 rings (SSSR count). The summed E-state index contributed by atoms with van der Waals surface area (Å²) in [6.07, 6.45) is 16.1. The summed E-state index contributed by atoms with van der Waals surface area (Å²) in [5.41, 5.74) is 3.24. The first kappa shape index (κ1) is 28.4. The van der Waals surface area contributed by atoms with E-state index in [1.54, 1.807) is 12.4 Å². The third kappa shape index (κ3) is 4.01. The summed E-state index contributed by atoms with van der Waals surface area (Å²) in [5.74, 6) is 3.06. The minimum absolute atomic E-state index is 0.0736. The summed E-state index contributed by atoms with van der Waals surface area (Å²) >= 11 is 0. The number of esters is 1. The number of hydrogen-bond donors (Lipinski definition) is 1. The molecule has 5 aliphatic rings. The summed E-state index contributed by atoms with van der Waals surface area (Å²) in [7, 11) is 0. The van der Waals surface area contributed by atoms with Gasteiger partial charge in [-0.05, 0) is 149 Å². The molecule has 4 saturated carbocycles. The van der Waals surface area contributed by atoms with E-state index < -0.39 is 0 Å². The van der Waals surface area contributed by atoms with Crippen LogP contribution in [0, 0.1) is 51.2 Å². The normalized spacial score (nSPS) is 45.7. The lowest BCUT2D eigenvalue weighted by Gasteiger charge is -2.71. The van der Waals surface area contributed by atoms with Gasteiger partial charge in [0, 0.05) is 23.3 Å². The number of ether oxygens (including phenoxy) is 1. The lowest BCUT2D eigenvalue weighted by atomic mass is 9.33. The van der Waals surface area contributed by atoms with Crippen LogP contribution < -0.4 is 5.32 Å². The number of carbonyl (C=O) groups excluding carboxylic acids is 1. The van der Waals surface area contributed by atoms with Gasteiger partial charge >= 0.3 is 5.97 Å². The lowest BCUT2D eigenvalue weighted by Crippen LogP contribution is -2.66. The fraction of sp³-hybridized carbons (Fsp3) is 0.778. The first-order chi connectivity index (χ1) is 18.9. The van der Waals surface area contributed by atoms with Gasteiger partial charge in [0.25, 0.3) is 0 Å². The third-order valence-corrected chi connectivity index (χ3v) is 14.2. The van der Waals surface area contributed by atoms with Crippen LogP contribution in [0.15, 0.2) is 36.7 Å². The van der Waals surface area contributed by atoms with Crippen molar-refractivity contribution in [1.29, 1.82) is 0 Å². The highest BCUT2D eigenvalue weighted by Gasteiger charge is 2.70. The standard InChI is InChI=1S/C36H54N2O2/c1-24(2)26-13-17-36(23-40-31(39)25-10-8-20-37-22-25)19-18-34(6)27(30(26)36)11-12-29-33(5)15-9-21-38-32(3,4)28(33)14-16-35(29,34)7/h8,10,20,22,26-30,38H,1,9,11-19,21,23H2,2-7H3/t26-,27+,28-,29+,30+,33-,34+,35+,36+/m0/s1. The summed E-state index contributed by atoms with van der Waals surface area (Å²) < 4.78 is 6.15. The van der Waals surface area contributed by atoms with Crippen molar-refractivity contribution < 1.29 is 9.53 Å². The minimum Gasteiger partial charge on any atom is -0.461 e. The van der Waals surface area contributed by atoms with Crippen molar-refractivity contribution >= 4 is 5.97 Å². The average molecular weight is 547 g/mol. The van der Waals surface area contributed by atoms with Gasteiger partial charge < -0.3 is 10.1 Å². The zero-order valence-corrected chi connectivity index (χ0v) is 26.2.